The van der Waals surface area contributed by atoms with Gasteiger partial charge in [-0.3, -0.25) is 4.99 Å². The van der Waals surface area contributed by atoms with Crippen molar-refractivity contribution >= 4 is 27.6 Å². The molecular weight excluding hydrogens is 679 g/mol. The molecule has 3 N–H and O–H groups in total. The SMILES string of the molecule is CN=C1Cc2cc(S(=O)(=O)N(CC(C)C)C[C@@H](O)[C@H](Cc3ccccc3)NC(=O)OC3CO[C@H]4OC[C@H](OCc5ccc(F)cc5)[C@@H]34)ccc2N1. The summed E-state index contributed by atoms with van der Waals surface area (Å²) in [6.45, 7) is 4.25. The van der Waals surface area contributed by atoms with Crippen LogP contribution < -0.4 is 10.6 Å². The molecule has 0 aromatic heterocycles. The highest BCUT2D eigenvalue weighted by Crippen LogP contribution is 2.36. The average molecular weight is 725 g/mol. The number of carbonyl (C=O) groups excluding carboxylic acids is 1. The van der Waals surface area contributed by atoms with Crippen LogP contribution in [-0.4, -0.2) is 93.8 Å². The van der Waals surface area contributed by atoms with Gasteiger partial charge in [0, 0.05) is 32.2 Å². The van der Waals surface area contributed by atoms with E-state index in [2.05, 4.69) is 15.6 Å². The number of benzene rings is 3. The van der Waals surface area contributed by atoms with Gasteiger partial charge in [-0.2, -0.15) is 4.31 Å². The van der Waals surface area contributed by atoms with Crippen LogP contribution >= 0.6 is 0 Å². The van der Waals surface area contributed by atoms with Crippen molar-refractivity contribution in [1.29, 1.82) is 0 Å². The number of alkyl carbamates (subject to hydrolysis) is 1. The van der Waals surface area contributed by atoms with Gasteiger partial charge >= 0.3 is 6.09 Å². The van der Waals surface area contributed by atoms with E-state index >= 15 is 0 Å². The first-order valence-electron chi connectivity index (χ1n) is 17.1. The molecule has 0 bridgehead atoms. The molecule has 0 radical (unpaired) electrons. The number of nitrogens with one attached hydrogen (secondary N) is 2. The zero-order valence-electron chi connectivity index (χ0n) is 28.9. The number of carbonyl (C=O) groups is 1. The smallest absolute Gasteiger partial charge is 0.407 e. The Hall–Kier alpha value is -3.92. The Morgan fingerprint density at radius 3 is 2.47 bits per heavy atom. The second-order valence-electron chi connectivity index (χ2n) is 13.5. The molecule has 6 rings (SSSR count). The number of amidine groups is 1. The lowest BCUT2D eigenvalue weighted by Crippen LogP contribution is -2.52. The third-order valence-electron chi connectivity index (χ3n) is 9.31. The van der Waals surface area contributed by atoms with Gasteiger partial charge in [0.2, 0.25) is 10.0 Å². The van der Waals surface area contributed by atoms with Gasteiger partial charge in [0.15, 0.2) is 6.29 Å². The molecule has 1 amide bonds. The standard InChI is InChI=1S/C37H45FN4O8S/c1-23(2)18-42(51(45,46)28-13-14-29-26(16-28)17-34(39-3)40-29)19-31(43)30(15-24-7-5-4-6-8-24)41-37(44)50-33-22-49-36-35(33)32(21-48-36)47-20-25-9-11-27(38)12-10-25/h4-14,16,23,30-33,35-36,43H,15,17-22H2,1-3H3,(H,39,40)(H,41,44)/t30-,31+,32-,33?,35-,36+/m0/s1. The molecule has 0 spiro atoms. The van der Waals surface area contributed by atoms with Crippen molar-refractivity contribution in [2.75, 3.05) is 38.7 Å². The number of nitrogens with zero attached hydrogens (tertiary/aromatic N) is 2. The number of rotatable bonds is 14. The van der Waals surface area contributed by atoms with Crippen LogP contribution in [0.1, 0.15) is 30.5 Å². The van der Waals surface area contributed by atoms with E-state index in [9.17, 15) is 22.7 Å². The van der Waals surface area contributed by atoms with E-state index in [4.69, 9.17) is 18.9 Å². The first kappa shape index (κ1) is 36.9. The minimum atomic E-state index is -4.04. The predicted molar refractivity (Wildman–Crippen MR) is 188 cm³/mol. The first-order chi connectivity index (χ1) is 24.5. The quantitative estimate of drug-likeness (QED) is 0.223. The predicted octanol–water partition coefficient (Wildman–Crippen LogP) is 4.12. The highest BCUT2D eigenvalue weighted by molar-refractivity contribution is 7.89. The third kappa shape index (κ3) is 8.94. The van der Waals surface area contributed by atoms with Gasteiger partial charge in [-0.1, -0.05) is 56.3 Å². The highest BCUT2D eigenvalue weighted by atomic mass is 32.2. The Morgan fingerprint density at radius 2 is 1.76 bits per heavy atom. The summed E-state index contributed by atoms with van der Waals surface area (Å²) in [7, 11) is -2.36. The molecule has 274 valence electrons. The fourth-order valence-corrected chi connectivity index (χ4v) is 8.34. The number of aliphatic hydroxyl groups excluding tert-OH is 1. The molecule has 0 aliphatic carbocycles. The number of amides is 1. The molecule has 12 nitrogen and oxygen atoms in total. The zero-order valence-corrected chi connectivity index (χ0v) is 29.7. The van der Waals surface area contributed by atoms with E-state index in [0.29, 0.717) is 6.42 Å². The average Bonchev–Trinajstić information content (AvgIpc) is 3.83. The Labute approximate surface area is 298 Å². The molecule has 3 aromatic rings. The van der Waals surface area contributed by atoms with E-state index in [1.165, 1.54) is 16.4 Å². The summed E-state index contributed by atoms with van der Waals surface area (Å²) < 4.78 is 66.3. The van der Waals surface area contributed by atoms with Crippen molar-refractivity contribution in [3.8, 4) is 0 Å². The van der Waals surface area contributed by atoms with Crippen molar-refractivity contribution in [3.63, 3.8) is 0 Å². The molecule has 3 aromatic carbocycles. The Balaban J connectivity index is 1.15. The van der Waals surface area contributed by atoms with E-state index in [1.54, 1.807) is 37.4 Å². The number of ether oxygens (including phenoxy) is 4. The van der Waals surface area contributed by atoms with Gasteiger partial charge < -0.3 is 34.7 Å². The molecule has 3 aliphatic heterocycles. The van der Waals surface area contributed by atoms with Gasteiger partial charge in [-0.25, -0.2) is 17.6 Å². The van der Waals surface area contributed by atoms with Crippen LogP contribution in [0, 0.1) is 17.7 Å². The van der Waals surface area contributed by atoms with Gasteiger partial charge in [-0.05, 0) is 59.4 Å². The van der Waals surface area contributed by atoms with Gasteiger partial charge in [0.05, 0.1) is 48.9 Å². The summed E-state index contributed by atoms with van der Waals surface area (Å²) in [4.78, 5) is 17.8. The summed E-state index contributed by atoms with van der Waals surface area (Å²) in [6, 6.07) is 19.3. The number of aliphatic imine (C=N–C) groups is 1. The number of hydrogen-bond donors (Lipinski definition) is 3. The number of fused-ring (bicyclic) bond motifs is 2. The molecular formula is C37H45FN4O8S. The monoisotopic (exact) mass is 724 g/mol. The highest BCUT2D eigenvalue weighted by Gasteiger charge is 2.50. The van der Waals surface area contributed by atoms with Crippen LogP contribution in [-0.2, 0) is 48.4 Å². The maximum absolute atomic E-state index is 14.1. The van der Waals surface area contributed by atoms with Crippen molar-refractivity contribution in [3.05, 3.63) is 95.3 Å². The second-order valence-corrected chi connectivity index (χ2v) is 15.5. The molecule has 3 aliphatic rings. The second kappa shape index (κ2) is 16.2. The summed E-state index contributed by atoms with van der Waals surface area (Å²) >= 11 is 0. The molecule has 2 fully saturated rings. The van der Waals surface area contributed by atoms with E-state index in [1.807, 2.05) is 44.2 Å². The first-order valence-corrected chi connectivity index (χ1v) is 18.6. The van der Waals surface area contributed by atoms with Gasteiger partial charge in [-0.15, -0.1) is 0 Å². The maximum atomic E-state index is 14.1. The lowest BCUT2D eigenvalue weighted by Gasteiger charge is -2.31. The summed E-state index contributed by atoms with van der Waals surface area (Å²) in [5, 5.41) is 17.7. The van der Waals surface area contributed by atoms with Crippen LogP contribution in [0.15, 0.2) is 82.7 Å². The number of anilines is 1. The minimum Gasteiger partial charge on any atom is -0.443 e. The van der Waals surface area contributed by atoms with E-state index in [-0.39, 0.29) is 56.0 Å². The number of sulfonamides is 1. The molecule has 2 saturated heterocycles. The lowest BCUT2D eigenvalue weighted by molar-refractivity contribution is -0.0916. The lowest BCUT2D eigenvalue weighted by atomic mass is 10.00. The largest absolute Gasteiger partial charge is 0.443 e. The molecule has 51 heavy (non-hydrogen) atoms. The third-order valence-corrected chi connectivity index (χ3v) is 11.1. The van der Waals surface area contributed by atoms with Crippen LogP contribution in [0.4, 0.5) is 14.9 Å². The normalized spacial score (nSPS) is 23.2. The van der Waals surface area contributed by atoms with E-state index < -0.39 is 52.7 Å². The van der Waals surface area contributed by atoms with Crippen molar-refractivity contribution < 1.29 is 41.7 Å². The van der Waals surface area contributed by atoms with Gasteiger partial charge in [0.1, 0.15) is 17.8 Å². The zero-order chi connectivity index (χ0) is 36.1. The van der Waals surface area contributed by atoms with Crippen LogP contribution in [0.2, 0.25) is 0 Å². The molecule has 3 heterocycles. The summed E-state index contributed by atoms with van der Waals surface area (Å²) in [5.41, 5.74) is 3.25. The summed E-state index contributed by atoms with van der Waals surface area (Å²) in [6.07, 6.45) is -3.12. The van der Waals surface area contributed by atoms with Gasteiger partial charge in [0.25, 0.3) is 0 Å². The van der Waals surface area contributed by atoms with Crippen LogP contribution in [0.3, 0.4) is 0 Å². The fourth-order valence-electron chi connectivity index (χ4n) is 6.67. The number of aliphatic hydroxyl groups is 1. The summed E-state index contributed by atoms with van der Waals surface area (Å²) in [5.74, 6) is -0.0317. The van der Waals surface area contributed by atoms with Crippen LogP contribution in [0.25, 0.3) is 0 Å². The maximum Gasteiger partial charge on any atom is 0.407 e. The van der Waals surface area contributed by atoms with E-state index in [0.717, 1.165) is 28.2 Å². The Bertz CT molecular complexity index is 1790. The topological polar surface area (TPSA) is 148 Å². The van der Waals surface area contributed by atoms with Crippen LogP contribution in [0.5, 0.6) is 0 Å². The molecule has 0 saturated carbocycles. The molecule has 14 heteroatoms. The Kier molecular flexibility index (Phi) is 11.7. The minimum absolute atomic E-state index is 0.0467. The Morgan fingerprint density at radius 1 is 1.04 bits per heavy atom. The van der Waals surface area contributed by atoms with Crippen molar-refractivity contribution in [2.24, 2.45) is 16.8 Å². The molecule has 1 unspecified atom stereocenters. The number of halogens is 1. The molecule has 6 atom stereocenters. The van der Waals surface area contributed by atoms with Crippen molar-refractivity contribution in [2.45, 2.75) is 68.8 Å². The van der Waals surface area contributed by atoms with Crippen molar-refractivity contribution in [1.82, 2.24) is 9.62 Å². The fraction of sp³-hybridized carbons (Fsp3) is 0.459. The number of hydrogen-bond acceptors (Lipinski definition) is 9.